The van der Waals surface area contributed by atoms with Gasteiger partial charge >= 0.3 is 0 Å². The van der Waals surface area contributed by atoms with Crippen molar-refractivity contribution in [3.05, 3.63) is 98.0 Å². The van der Waals surface area contributed by atoms with Crippen molar-refractivity contribution in [2.24, 2.45) is 0 Å². The van der Waals surface area contributed by atoms with Crippen LogP contribution in [0.25, 0.3) is 27.2 Å². The molecule has 0 radical (unpaired) electrons. The fraction of sp³-hybridized carbons (Fsp3) is 0. The van der Waals surface area contributed by atoms with Gasteiger partial charge in [0.05, 0.1) is 5.69 Å². The quantitative estimate of drug-likeness (QED) is 0.496. The van der Waals surface area contributed by atoms with Crippen LogP contribution in [0.2, 0.25) is 0 Å². The molecule has 3 nitrogen and oxygen atoms in total. The van der Waals surface area contributed by atoms with Gasteiger partial charge < -0.3 is 0 Å². The molecule has 0 amide bonds. The van der Waals surface area contributed by atoms with Crippen LogP contribution in [-0.4, -0.2) is 4.57 Å². The summed E-state index contributed by atoms with van der Waals surface area (Å²) >= 11 is 3.45. The third kappa shape index (κ3) is 2.19. The Kier molecular flexibility index (Phi) is 3.54. The maximum absolute atomic E-state index is 13.2. The van der Waals surface area contributed by atoms with Crippen molar-refractivity contribution in [3.8, 4) is 5.69 Å². The summed E-state index contributed by atoms with van der Waals surface area (Å²) in [5.41, 5.74) is -0.101. The predicted octanol–water partition coefficient (Wildman–Crippen LogP) is 4.27. The predicted molar refractivity (Wildman–Crippen MR) is 101 cm³/mol. The van der Waals surface area contributed by atoms with Gasteiger partial charge in [0.2, 0.25) is 0 Å². The lowest BCUT2D eigenvalue weighted by Gasteiger charge is -2.05. The molecule has 0 bridgehead atoms. The molecule has 4 aromatic rings. The van der Waals surface area contributed by atoms with Crippen molar-refractivity contribution in [2.45, 2.75) is 0 Å². The van der Waals surface area contributed by atoms with Gasteiger partial charge in [0.15, 0.2) is 0 Å². The molecule has 4 heteroatoms. The van der Waals surface area contributed by atoms with Gasteiger partial charge in [-0.1, -0.05) is 48.5 Å². The van der Waals surface area contributed by atoms with Crippen LogP contribution >= 0.6 is 15.9 Å². The summed E-state index contributed by atoms with van der Waals surface area (Å²) in [6.45, 7) is 0. The molecule has 24 heavy (non-hydrogen) atoms. The van der Waals surface area contributed by atoms with E-state index >= 15 is 0 Å². The molecule has 0 aliphatic carbocycles. The highest BCUT2D eigenvalue weighted by molar-refractivity contribution is 9.10. The second-order valence-electron chi connectivity index (χ2n) is 5.49. The zero-order chi connectivity index (χ0) is 16.7. The van der Waals surface area contributed by atoms with Gasteiger partial charge in [-0.2, -0.15) is 0 Å². The third-order valence-corrected chi connectivity index (χ3v) is 4.78. The summed E-state index contributed by atoms with van der Waals surface area (Å²) in [5, 5.41) is 2.60. The molecule has 4 rings (SSSR count). The van der Waals surface area contributed by atoms with Crippen LogP contribution in [0.4, 0.5) is 0 Å². The Hall–Kier alpha value is -2.72. The van der Waals surface area contributed by atoms with Gasteiger partial charge in [-0.05, 0) is 51.0 Å². The highest BCUT2D eigenvalue weighted by Crippen LogP contribution is 2.22. The van der Waals surface area contributed by atoms with Gasteiger partial charge in [-0.25, -0.2) is 4.57 Å². The van der Waals surface area contributed by atoms with Crippen molar-refractivity contribution in [1.29, 1.82) is 0 Å². The van der Waals surface area contributed by atoms with E-state index in [0.29, 0.717) is 20.9 Å². The molecule has 0 aliphatic rings. The number of hydrogen-bond acceptors (Lipinski definition) is 2. The molecule has 0 spiro atoms. The Bertz CT molecular complexity index is 1140. The van der Waals surface area contributed by atoms with Gasteiger partial charge in [0.25, 0.3) is 11.1 Å². The Balaban J connectivity index is 2.38. The first-order valence-electron chi connectivity index (χ1n) is 7.50. The molecule has 0 atom stereocenters. The molecule has 0 aliphatic heterocycles. The molecule has 0 saturated carbocycles. The van der Waals surface area contributed by atoms with Crippen LogP contribution in [0.3, 0.4) is 0 Å². The van der Waals surface area contributed by atoms with Crippen LogP contribution in [-0.2, 0) is 0 Å². The minimum Gasteiger partial charge on any atom is -0.268 e. The standard InChI is InChI=1S/C20H12BrNO2/c21-17-11-5-6-12-18(17)22-19(23)15-9-3-1-7-13(15)14-8-2-4-10-16(14)20(22)24/h1-12H. The van der Waals surface area contributed by atoms with Crippen molar-refractivity contribution in [3.63, 3.8) is 0 Å². The second kappa shape index (κ2) is 5.73. The summed E-state index contributed by atoms with van der Waals surface area (Å²) in [6.07, 6.45) is 0. The first-order chi connectivity index (χ1) is 11.7. The third-order valence-electron chi connectivity index (χ3n) is 4.10. The average molecular weight is 378 g/mol. The Labute approximate surface area is 145 Å². The van der Waals surface area contributed by atoms with Crippen molar-refractivity contribution in [2.75, 3.05) is 0 Å². The summed E-state index contributed by atoms with van der Waals surface area (Å²) in [7, 11) is 0. The maximum Gasteiger partial charge on any atom is 0.265 e. The molecule has 1 aromatic heterocycles. The van der Waals surface area contributed by atoms with E-state index in [-0.39, 0.29) is 11.1 Å². The lowest BCUT2D eigenvalue weighted by Crippen LogP contribution is -2.28. The van der Waals surface area contributed by atoms with Crippen molar-refractivity contribution in [1.82, 2.24) is 4.57 Å². The van der Waals surface area contributed by atoms with E-state index in [1.165, 1.54) is 4.57 Å². The lowest BCUT2D eigenvalue weighted by molar-refractivity contribution is 0.970. The monoisotopic (exact) mass is 377 g/mol. The Morgan fingerprint density at radius 3 is 1.50 bits per heavy atom. The number of halogens is 1. The Morgan fingerprint density at radius 1 is 0.583 bits per heavy atom. The summed E-state index contributed by atoms with van der Waals surface area (Å²) in [4.78, 5) is 26.3. The molecular weight excluding hydrogens is 366 g/mol. The average Bonchev–Trinajstić information content (AvgIpc) is 2.71. The number of fused-ring (bicyclic) bond motifs is 3. The minimum absolute atomic E-state index is 0.321. The largest absolute Gasteiger partial charge is 0.268 e. The number of nitrogens with zero attached hydrogens (tertiary/aromatic N) is 1. The zero-order valence-corrected chi connectivity index (χ0v) is 14.2. The SMILES string of the molecule is O=c1c2ccccc2c2ccccc2c(=O)n1-c1ccccc1Br. The normalized spacial score (nSPS) is 11.0. The van der Waals surface area contributed by atoms with Crippen molar-refractivity contribution >= 4 is 37.5 Å². The molecule has 0 fully saturated rings. The van der Waals surface area contributed by atoms with Gasteiger partial charge in [-0.15, -0.1) is 0 Å². The molecule has 116 valence electrons. The fourth-order valence-corrected chi connectivity index (χ4v) is 3.46. The molecule has 0 unspecified atom stereocenters. The van der Waals surface area contributed by atoms with Gasteiger partial charge in [0.1, 0.15) is 0 Å². The molecule has 0 N–H and O–H groups in total. The topological polar surface area (TPSA) is 39.1 Å². The Morgan fingerprint density at radius 2 is 1.00 bits per heavy atom. The molecule has 0 saturated heterocycles. The van der Waals surface area contributed by atoms with E-state index in [0.717, 1.165) is 10.8 Å². The number of aromatic nitrogens is 1. The van der Waals surface area contributed by atoms with Gasteiger partial charge in [0, 0.05) is 15.2 Å². The van der Waals surface area contributed by atoms with Crippen LogP contribution in [0.5, 0.6) is 0 Å². The van der Waals surface area contributed by atoms with E-state index in [2.05, 4.69) is 15.9 Å². The first kappa shape index (κ1) is 14.8. The van der Waals surface area contributed by atoms with E-state index in [9.17, 15) is 9.59 Å². The molecule has 1 heterocycles. The summed E-state index contributed by atoms with van der Waals surface area (Å²) in [6, 6.07) is 21.9. The van der Waals surface area contributed by atoms with Crippen LogP contribution in [0.1, 0.15) is 0 Å². The number of para-hydroxylation sites is 1. The highest BCUT2D eigenvalue weighted by atomic mass is 79.9. The fourth-order valence-electron chi connectivity index (χ4n) is 2.99. The van der Waals surface area contributed by atoms with Crippen LogP contribution in [0, 0.1) is 0 Å². The number of benzene rings is 3. The van der Waals surface area contributed by atoms with E-state index < -0.39 is 0 Å². The first-order valence-corrected chi connectivity index (χ1v) is 8.29. The molecular formula is C20H12BrNO2. The lowest BCUT2D eigenvalue weighted by atomic mass is 10.1. The van der Waals surface area contributed by atoms with Crippen LogP contribution in [0.15, 0.2) is 86.9 Å². The summed E-state index contributed by atoms with van der Waals surface area (Å²) < 4.78 is 1.94. The highest BCUT2D eigenvalue weighted by Gasteiger charge is 2.13. The van der Waals surface area contributed by atoms with Crippen LogP contribution < -0.4 is 11.1 Å². The van der Waals surface area contributed by atoms with E-state index in [1.54, 1.807) is 18.2 Å². The second-order valence-corrected chi connectivity index (χ2v) is 6.34. The minimum atomic E-state index is -0.321. The van der Waals surface area contributed by atoms with E-state index in [4.69, 9.17) is 0 Å². The van der Waals surface area contributed by atoms with Crippen molar-refractivity contribution < 1.29 is 0 Å². The summed E-state index contributed by atoms with van der Waals surface area (Å²) in [5.74, 6) is 0. The smallest absolute Gasteiger partial charge is 0.265 e. The number of hydrogen-bond donors (Lipinski definition) is 0. The van der Waals surface area contributed by atoms with Gasteiger partial charge in [-0.3, -0.25) is 9.59 Å². The van der Waals surface area contributed by atoms with E-state index in [1.807, 2.05) is 54.6 Å². The zero-order valence-electron chi connectivity index (χ0n) is 12.6. The number of rotatable bonds is 1. The maximum atomic E-state index is 13.2. The molecule has 3 aromatic carbocycles.